The van der Waals surface area contributed by atoms with Gasteiger partial charge in [-0.05, 0) is 23.6 Å². The second-order valence-electron chi connectivity index (χ2n) is 4.56. The molecule has 1 aromatic rings. The first-order chi connectivity index (χ1) is 8.92. The molecule has 0 aliphatic heterocycles. The molecular formula is C14H19NO4. The topological polar surface area (TPSA) is 78.6 Å². The van der Waals surface area contributed by atoms with Crippen molar-refractivity contribution in [2.45, 2.75) is 19.9 Å². The molecule has 0 bridgehead atoms. The van der Waals surface area contributed by atoms with Crippen LogP contribution in [-0.4, -0.2) is 26.2 Å². The van der Waals surface area contributed by atoms with E-state index in [1.54, 1.807) is 12.1 Å². The van der Waals surface area contributed by atoms with E-state index in [-0.39, 0.29) is 23.1 Å². The van der Waals surface area contributed by atoms with E-state index in [1.807, 2.05) is 13.8 Å². The molecule has 0 aliphatic carbocycles. The lowest BCUT2D eigenvalue weighted by molar-refractivity contribution is 0.0555. The molecule has 104 valence electrons. The van der Waals surface area contributed by atoms with Crippen LogP contribution >= 0.6 is 0 Å². The lowest BCUT2D eigenvalue weighted by atomic mass is 9.93. The van der Waals surface area contributed by atoms with Gasteiger partial charge < -0.3 is 15.2 Å². The predicted molar refractivity (Wildman–Crippen MR) is 70.9 cm³/mol. The van der Waals surface area contributed by atoms with E-state index < -0.39 is 11.9 Å². The zero-order valence-electron chi connectivity index (χ0n) is 11.6. The Morgan fingerprint density at radius 1 is 1.05 bits per heavy atom. The molecule has 0 fully saturated rings. The maximum atomic E-state index is 11.7. The van der Waals surface area contributed by atoms with Crippen molar-refractivity contribution in [3.8, 4) is 0 Å². The van der Waals surface area contributed by atoms with Gasteiger partial charge in [0.05, 0.1) is 25.3 Å². The number of carbonyl (C=O) groups is 2. The fourth-order valence-corrected chi connectivity index (χ4v) is 1.72. The third-order valence-corrected chi connectivity index (χ3v) is 2.96. The second-order valence-corrected chi connectivity index (χ2v) is 4.56. The molecule has 5 heteroatoms. The first-order valence-corrected chi connectivity index (χ1v) is 5.98. The molecule has 0 saturated heterocycles. The summed E-state index contributed by atoms with van der Waals surface area (Å²) in [6.07, 6.45) is 0. The van der Waals surface area contributed by atoms with E-state index in [0.717, 1.165) is 5.56 Å². The SMILES string of the molecule is COC(=O)c1ccc([C@@H](N)C(C)C)cc1C(=O)OC. The van der Waals surface area contributed by atoms with Crippen LogP contribution in [0.15, 0.2) is 18.2 Å². The van der Waals surface area contributed by atoms with Crippen LogP contribution in [0.1, 0.15) is 46.2 Å². The standard InChI is InChI=1S/C14H19NO4/c1-8(2)12(15)9-5-6-10(13(16)18-3)11(7-9)14(17)19-4/h5-8,12H,15H2,1-4H3/t12-/m0/s1. The van der Waals surface area contributed by atoms with Crippen molar-refractivity contribution in [3.05, 3.63) is 34.9 Å². The number of nitrogens with two attached hydrogens (primary N) is 1. The van der Waals surface area contributed by atoms with Crippen LogP contribution in [0.2, 0.25) is 0 Å². The molecule has 0 amide bonds. The van der Waals surface area contributed by atoms with Crippen molar-refractivity contribution >= 4 is 11.9 Å². The smallest absolute Gasteiger partial charge is 0.338 e. The highest BCUT2D eigenvalue weighted by molar-refractivity contribution is 6.03. The number of rotatable bonds is 4. The number of hydrogen-bond donors (Lipinski definition) is 1. The molecular weight excluding hydrogens is 246 g/mol. The van der Waals surface area contributed by atoms with Crippen LogP contribution < -0.4 is 5.73 Å². The minimum Gasteiger partial charge on any atom is -0.465 e. The van der Waals surface area contributed by atoms with Gasteiger partial charge in [0.2, 0.25) is 0 Å². The summed E-state index contributed by atoms with van der Waals surface area (Å²) in [6.45, 7) is 3.97. The van der Waals surface area contributed by atoms with Crippen LogP contribution in [0.3, 0.4) is 0 Å². The normalized spacial score (nSPS) is 12.1. The number of methoxy groups -OCH3 is 2. The Bertz CT molecular complexity index is 482. The average molecular weight is 265 g/mol. The molecule has 0 unspecified atom stereocenters. The van der Waals surface area contributed by atoms with Gasteiger partial charge in [0, 0.05) is 6.04 Å². The van der Waals surface area contributed by atoms with Crippen LogP contribution in [0, 0.1) is 5.92 Å². The highest BCUT2D eigenvalue weighted by Crippen LogP contribution is 2.22. The lowest BCUT2D eigenvalue weighted by Crippen LogP contribution is -2.19. The van der Waals surface area contributed by atoms with Crippen molar-refractivity contribution in [2.24, 2.45) is 11.7 Å². The summed E-state index contributed by atoms with van der Waals surface area (Å²) in [6, 6.07) is 4.64. The quantitative estimate of drug-likeness (QED) is 0.841. The number of esters is 2. The summed E-state index contributed by atoms with van der Waals surface area (Å²) >= 11 is 0. The fraction of sp³-hybridized carbons (Fsp3) is 0.429. The Balaban J connectivity index is 3.30. The van der Waals surface area contributed by atoms with Gasteiger partial charge >= 0.3 is 11.9 Å². The first-order valence-electron chi connectivity index (χ1n) is 5.98. The minimum atomic E-state index is -0.585. The predicted octanol–water partition coefficient (Wildman–Crippen LogP) is 1.92. The van der Waals surface area contributed by atoms with E-state index in [4.69, 9.17) is 5.73 Å². The van der Waals surface area contributed by atoms with Crippen molar-refractivity contribution in [2.75, 3.05) is 14.2 Å². The van der Waals surface area contributed by atoms with Gasteiger partial charge in [-0.1, -0.05) is 19.9 Å². The zero-order chi connectivity index (χ0) is 14.6. The molecule has 1 aromatic carbocycles. The van der Waals surface area contributed by atoms with Crippen LogP contribution in [0.4, 0.5) is 0 Å². The highest BCUT2D eigenvalue weighted by atomic mass is 16.5. The molecule has 1 atom stereocenters. The maximum absolute atomic E-state index is 11.7. The number of benzene rings is 1. The van der Waals surface area contributed by atoms with Crippen molar-refractivity contribution in [1.82, 2.24) is 0 Å². The van der Waals surface area contributed by atoms with E-state index >= 15 is 0 Å². The van der Waals surface area contributed by atoms with Gasteiger partial charge in [-0.25, -0.2) is 9.59 Å². The van der Waals surface area contributed by atoms with Crippen molar-refractivity contribution in [1.29, 1.82) is 0 Å². The third-order valence-electron chi connectivity index (χ3n) is 2.96. The molecule has 0 spiro atoms. The van der Waals surface area contributed by atoms with E-state index in [1.165, 1.54) is 20.3 Å². The molecule has 0 aromatic heterocycles. The lowest BCUT2D eigenvalue weighted by Gasteiger charge is -2.17. The monoisotopic (exact) mass is 265 g/mol. The summed E-state index contributed by atoms with van der Waals surface area (Å²) in [4.78, 5) is 23.3. The molecule has 19 heavy (non-hydrogen) atoms. The van der Waals surface area contributed by atoms with Gasteiger partial charge in [0.25, 0.3) is 0 Å². The molecule has 0 aliphatic rings. The molecule has 2 N–H and O–H groups in total. The average Bonchev–Trinajstić information content (AvgIpc) is 2.43. The largest absolute Gasteiger partial charge is 0.465 e. The first kappa shape index (κ1) is 15.2. The van der Waals surface area contributed by atoms with E-state index in [0.29, 0.717) is 0 Å². The van der Waals surface area contributed by atoms with E-state index in [9.17, 15) is 9.59 Å². The number of ether oxygens (including phenoxy) is 2. The summed E-state index contributed by atoms with van der Waals surface area (Å²) < 4.78 is 9.32. The molecule has 0 saturated carbocycles. The van der Waals surface area contributed by atoms with Crippen molar-refractivity contribution < 1.29 is 19.1 Å². The van der Waals surface area contributed by atoms with Gasteiger partial charge in [0.1, 0.15) is 0 Å². The highest BCUT2D eigenvalue weighted by Gasteiger charge is 2.21. The Hall–Kier alpha value is -1.88. The van der Waals surface area contributed by atoms with Crippen LogP contribution in [-0.2, 0) is 9.47 Å². The van der Waals surface area contributed by atoms with Gasteiger partial charge in [0.15, 0.2) is 0 Å². The second kappa shape index (κ2) is 6.33. The summed E-state index contributed by atoms with van der Waals surface area (Å²) in [7, 11) is 2.52. The van der Waals surface area contributed by atoms with Crippen LogP contribution in [0.5, 0.6) is 0 Å². The number of hydrogen-bond acceptors (Lipinski definition) is 5. The van der Waals surface area contributed by atoms with Crippen molar-refractivity contribution in [3.63, 3.8) is 0 Å². The fourth-order valence-electron chi connectivity index (χ4n) is 1.72. The minimum absolute atomic E-state index is 0.169. The summed E-state index contributed by atoms with van der Waals surface area (Å²) in [5.74, 6) is -0.947. The Kier molecular flexibility index (Phi) is 5.06. The number of carbonyl (C=O) groups excluding carboxylic acids is 2. The summed E-state index contributed by atoms with van der Waals surface area (Å²) in [5.41, 5.74) is 7.16. The maximum Gasteiger partial charge on any atom is 0.338 e. The van der Waals surface area contributed by atoms with E-state index in [2.05, 4.69) is 9.47 Å². The third kappa shape index (κ3) is 3.32. The molecule has 0 radical (unpaired) electrons. The molecule has 1 rings (SSSR count). The van der Waals surface area contributed by atoms with Crippen LogP contribution in [0.25, 0.3) is 0 Å². The van der Waals surface area contributed by atoms with Gasteiger partial charge in [-0.2, -0.15) is 0 Å². The molecule has 5 nitrogen and oxygen atoms in total. The molecule has 0 heterocycles. The Morgan fingerprint density at radius 3 is 2.05 bits per heavy atom. The summed E-state index contributed by atoms with van der Waals surface area (Å²) in [5, 5.41) is 0. The Labute approximate surface area is 112 Å². The van der Waals surface area contributed by atoms with Gasteiger partial charge in [-0.15, -0.1) is 0 Å². The zero-order valence-corrected chi connectivity index (χ0v) is 11.6. The Morgan fingerprint density at radius 2 is 1.58 bits per heavy atom. The van der Waals surface area contributed by atoms with Gasteiger partial charge in [-0.3, -0.25) is 0 Å².